The van der Waals surface area contributed by atoms with E-state index >= 15 is 0 Å². The van der Waals surface area contributed by atoms with E-state index in [1.165, 1.54) is 6.20 Å². The van der Waals surface area contributed by atoms with Crippen LogP contribution in [0.5, 0.6) is 11.5 Å². The Kier molecular flexibility index (Phi) is 7.49. The van der Waals surface area contributed by atoms with E-state index in [1.54, 1.807) is 24.3 Å². The first-order chi connectivity index (χ1) is 16.3. The van der Waals surface area contributed by atoms with Crippen molar-refractivity contribution in [3.8, 4) is 11.5 Å². The molecule has 180 valence electrons. The molecule has 1 aliphatic heterocycles. The topological polar surface area (TPSA) is 166 Å². The number of nitrogens with zero attached hydrogens (tertiary/aromatic N) is 3. The number of aromatic nitrogens is 3. The normalized spacial score (nSPS) is 22.3. The molecule has 3 aromatic rings. The van der Waals surface area contributed by atoms with Crippen LogP contribution in [0.2, 0.25) is 0 Å². The smallest absolute Gasteiger partial charge is 0.333 e. The van der Waals surface area contributed by atoms with Gasteiger partial charge in [-0.25, -0.2) is 4.79 Å². The largest absolute Gasteiger partial charge is 0.457 e. The minimum absolute atomic E-state index is 0.179. The third-order valence-electron chi connectivity index (χ3n) is 5.15. The van der Waals surface area contributed by atoms with Gasteiger partial charge in [0.15, 0.2) is 6.23 Å². The highest BCUT2D eigenvalue weighted by molar-refractivity contribution is 7.39. The molecule has 13 heteroatoms. The lowest BCUT2D eigenvalue weighted by Crippen LogP contribution is -2.43. The van der Waals surface area contributed by atoms with Crippen molar-refractivity contribution < 1.29 is 34.0 Å². The van der Waals surface area contributed by atoms with E-state index in [2.05, 4.69) is 9.51 Å². The maximum atomic E-state index is 13.1. The zero-order chi connectivity index (χ0) is 24.2. The Morgan fingerprint density at radius 1 is 1.03 bits per heavy atom. The maximum absolute atomic E-state index is 13.1. The summed E-state index contributed by atoms with van der Waals surface area (Å²) < 4.78 is 17.8. The molecule has 0 aliphatic carbocycles. The summed E-state index contributed by atoms with van der Waals surface area (Å²) in [6.45, 7) is -0.596. The van der Waals surface area contributed by atoms with Crippen molar-refractivity contribution in [1.82, 2.24) is 14.1 Å². The van der Waals surface area contributed by atoms with E-state index in [1.807, 2.05) is 18.2 Å². The molecule has 0 saturated carbocycles. The number of aliphatic hydroxyl groups excluding tert-OH is 2. The lowest BCUT2D eigenvalue weighted by atomic mass is 10.1. The van der Waals surface area contributed by atoms with E-state index in [9.17, 15) is 19.8 Å². The van der Waals surface area contributed by atoms with Gasteiger partial charge in [0.25, 0.3) is 5.56 Å². The van der Waals surface area contributed by atoms with Crippen LogP contribution in [0.1, 0.15) is 11.9 Å². The van der Waals surface area contributed by atoms with Crippen LogP contribution in [0.25, 0.3) is 0 Å². The highest BCUT2D eigenvalue weighted by atomic mass is 31.2. The van der Waals surface area contributed by atoms with Crippen molar-refractivity contribution in [3.63, 3.8) is 0 Å². The van der Waals surface area contributed by atoms with Crippen LogP contribution in [0, 0.1) is 0 Å². The Labute approximate surface area is 193 Å². The van der Waals surface area contributed by atoms with E-state index in [0.717, 1.165) is 21.4 Å². The lowest BCUT2D eigenvalue weighted by Gasteiger charge is -2.18. The summed E-state index contributed by atoms with van der Waals surface area (Å²) in [4.78, 5) is 47.5. The first-order valence-electron chi connectivity index (χ1n) is 10.2. The van der Waals surface area contributed by atoms with Crippen molar-refractivity contribution >= 4 is 8.60 Å². The molecule has 3 heterocycles. The molecule has 12 nitrogen and oxygen atoms in total. The fraction of sp³-hybridized carbons (Fsp3) is 0.286. The summed E-state index contributed by atoms with van der Waals surface area (Å²) in [7, 11) is -2.69. The summed E-state index contributed by atoms with van der Waals surface area (Å²) in [5.74, 6) is 1.08. The van der Waals surface area contributed by atoms with Gasteiger partial charge < -0.3 is 34.0 Å². The number of ether oxygens (including phenoxy) is 2. The SMILES string of the molecule is O=c1ccn(C2OC(COP(O)O)C(O)C2O)c(=O)n1Cc1cc(Oc2ccccc2)ccn1. The van der Waals surface area contributed by atoms with Crippen LogP contribution < -0.4 is 16.0 Å². The number of para-hydroxylation sites is 1. The Morgan fingerprint density at radius 3 is 2.53 bits per heavy atom. The molecular formula is C21H22N3O9P. The third kappa shape index (κ3) is 5.40. The molecule has 4 rings (SSSR count). The van der Waals surface area contributed by atoms with Gasteiger partial charge in [0.05, 0.1) is 18.8 Å². The monoisotopic (exact) mass is 491 g/mol. The fourth-order valence-corrected chi connectivity index (χ4v) is 3.78. The molecule has 0 bridgehead atoms. The Bertz CT molecular complexity index is 1230. The highest BCUT2D eigenvalue weighted by Gasteiger charge is 2.44. The second-order valence-electron chi connectivity index (χ2n) is 7.42. The van der Waals surface area contributed by atoms with E-state index in [4.69, 9.17) is 19.3 Å². The van der Waals surface area contributed by atoms with Gasteiger partial charge in [-0.1, -0.05) is 18.2 Å². The molecule has 1 fully saturated rings. The van der Waals surface area contributed by atoms with Gasteiger partial charge in [0, 0.05) is 24.5 Å². The van der Waals surface area contributed by atoms with Gasteiger partial charge in [-0.3, -0.25) is 18.9 Å². The van der Waals surface area contributed by atoms with Crippen LogP contribution in [-0.2, 0) is 15.8 Å². The molecule has 0 spiro atoms. The third-order valence-corrected chi connectivity index (χ3v) is 5.53. The zero-order valence-electron chi connectivity index (χ0n) is 17.6. The predicted molar refractivity (Wildman–Crippen MR) is 118 cm³/mol. The number of hydrogen-bond acceptors (Lipinski definition) is 10. The van der Waals surface area contributed by atoms with Gasteiger partial charge in [-0.05, 0) is 18.2 Å². The molecule has 1 aromatic carbocycles. The molecule has 2 aromatic heterocycles. The van der Waals surface area contributed by atoms with Gasteiger partial charge in [0.1, 0.15) is 29.8 Å². The van der Waals surface area contributed by atoms with Gasteiger partial charge in [-0.2, -0.15) is 0 Å². The van der Waals surface area contributed by atoms with Gasteiger partial charge in [0.2, 0.25) is 0 Å². The van der Waals surface area contributed by atoms with Crippen LogP contribution >= 0.6 is 8.60 Å². The Balaban J connectivity index is 1.56. The van der Waals surface area contributed by atoms with Gasteiger partial charge >= 0.3 is 14.3 Å². The minimum Gasteiger partial charge on any atom is -0.457 e. The second kappa shape index (κ2) is 10.5. The number of benzene rings is 1. The first-order valence-corrected chi connectivity index (χ1v) is 11.3. The summed E-state index contributed by atoms with van der Waals surface area (Å²) in [5, 5.41) is 20.6. The van der Waals surface area contributed by atoms with Crippen LogP contribution in [0.3, 0.4) is 0 Å². The Hall–Kier alpha value is -2.96. The number of pyridine rings is 1. The number of aliphatic hydroxyl groups is 2. The molecule has 0 amide bonds. The summed E-state index contributed by atoms with van der Waals surface area (Å²) in [5.41, 5.74) is -1.02. The molecule has 34 heavy (non-hydrogen) atoms. The maximum Gasteiger partial charge on any atom is 0.333 e. The molecule has 1 saturated heterocycles. The average Bonchev–Trinajstić information content (AvgIpc) is 3.10. The number of hydrogen-bond donors (Lipinski definition) is 4. The average molecular weight is 491 g/mol. The Morgan fingerprint density at radius 2 is 1.79 bits per heavy atom. The van der Waals surface area contributed by atoms with Crippen LogP contribution in [0.15, 0.2) is 70.5 Å². The highest BCUT2D eigenvalue weighted by Crippen LogP contribution is 2.32. The zero-order valence-corrected chi connectivity index (χ0v) is 18.5. The number of rotatable bonds is 8. The summed E-state index contributed by atoms with van der Waals surface area (Å²) in [6, 6.07) is 13.4. The van der Waals surface area contributed by atoms with Crippen molar-refractivity contribution in [2.75, 3.05) is 6.61 Å². The molecule has 4 unspecified atom stereocenters. The van der Waals surface area contributed by atoms with Crippen molar-refractivity contribution in [1.29, 1.82) is 0 Å². The van der Waals surface area contributed by atoms with E-state index < -0.39 is 51.0 Å². The molecule has 0 radical (unpaired) electrons. The molecule has 4 N–H and O–H groups in total. The van der Waals surface area contributed by atoms with E-state index in [-0.39, 0.29) is 6.54 Å². The lowest BCUT2D eigenvalue weighted by molar-refractivity contribution is -0.0531. The predicted octanol–water partition coefficient (Wildman–Crippen LogP) is 0.0929. The summed E-state index contributed by atoms with van der Waals surface area (Å²) >= 11 is 0. The first kappa shape index (κ1) is 24.2. The van der Waals surface area contributed by atoms with Crippen molar-refractivity contribution in [2.24, 2.45) is 0 Å². The van der Waals surface area contributed by atoms with E-state index in [0.29, 0.717) is 17.2 Å². The standard InChI is InChI=1S/C21H22N3O9P/c25-17-7-9-23(20-19(27)18(26)16(33-20)12-31-34(29)30)21(28)24(17)11-13-10-15(6-8-22-13)32-14-4-2-1-3-5-14/h1-10,16,18-20,26-27,29-30H,11-12H2. The molecule has 1 aliphatic rings. The molecular weight excluding hydrogens is 469 g/mol. The molecule has 4 atom stereocenters. The van der Waals surface area contributed by atoms with Crippen LogP contribution in [-0.4, -0.2) is 59.0 Å². The second-order valence-corrected chi connectivity index (χ2v) is 8.19. The summed E-state index contributed by atoms with van der Waals surface area (Å²) in [6.07, 6.45) is -2.79. The fourth-order valence-electron chi connectivity index (χ4n) is 3.50. The van der Waals surface area contributed by atoms with Crippen molar-refractivity contribution in [3.05, 3.63) is 87.5 Å². The minimum atomic E-state index is -2.69. The van der Waals surface area contributed by atoms with Crippen molar-refractivity contribution in [2.45, 2.75) is 31.1 Å². The van der Waals surface area contributed by atoms with Gasteiger partial charge in [-0.15, -0.1) is 0 Å². The quantitative estimate of drug-likeness (QED) is 0.317. The van der Waals surface area contributed by atoms with Crippen LogP contribution in [0.4, 0.5) is 0 Å².